The van der Waals surface area contributed by atoms with Crippen molar-refractivity contribution < 1.29 is 9.53 Å². The van der Waals surface area contributed by atoms with Gasteiger partial charge in [-0.3, -0.25) is 4.90 Å². The number of rotatable bonds is 4. The number of hydrogen-bond acceptors (Lipinski definition) is 3. The second-order valence-electron chi connectivity index (χ2n) is 6.70. The maximum Gasteiger partial charge on any atom is 0.414 e. The van der Waals surface area contributed by atoms with E-state index in [9.17, 15) is 4.79 Å². The standard InChI is InChI=1S/C23H22N2O2/c1-25(17-12-10-16(11-13-17)14-15-24)23(26)27-22-20-8-4-2-6-18(20)19-7-3-5-9-21(19)22/h2-13,22H,14-15,24H2,1H3. The van der Waals surface area contributed by atoms with Gasteiger partial charge in [-0.15, -0.1) is 0 Å². The fourth-order valence-corrected chi connectivity index (χ4v) is 3.57. The fourth-order valence-electron chi connectivity index (χ4n) is 3.57. The predicted molar refractivity (Wildman–Crippen MR) is 108 cm³/mol. The molecule has 0 unspecified atom stereocenters. The van der Waals surface area contributed by atoms with E-state index in [4.69, 9.17) is 10.5 Å². The zero-order chi connectivity index (χ0) is 18.8. The van der Waals surface area contributed by atoms with Gasteiger partial charge < -0.3 is 10.5 Å². The largest absolute Gasteiger partial charge is 0.436 e. The summed E-state index contributed by atoms with van der Waals surface area (Å²) in [6.07, 6.45) is 0.0614. The van der Waals surface area contributed by atoms with Gasteiger partial charge in [0.1, 0.15) is 0 Å². The van der Waals surface area contributed by atoms with Crippen molar-refractivity contribution in [2.45, 2.75) is 12.5 Å². The first-order valence-corrected chi connectivity index (χ1v) is 9.10. The van der Waals surface area contributed by atoms with Gasteiger partial charge in [-0.25, -0.2) is 4.79 Å². The van der Waals surface area contributed by atoms with E-state index < -0.39 is 0 Å². The number of carbonyl (C=O) groups excluding carboxylic acids is 1. The number of nitrogens with two attached hydrogens (primary N) is 1. The Balaban J connectivity index is 1.57. The summed E-state index contributed by atoms with van der Waals surface area (Å²) in [7, 11) is 1.73. The van der Waals surface area contributed by atoms with Crippen molar-refractivity contribution in [3.63, 3.8) is 0 Å². The molecule has 0 bridgehead atoms. The van der Waals surface area contributed by atoms with E-state index in [2.05, 4.69) is 12.1 Å². The molecule has 3 aromatic carbocycles. The molecule has 2 N–H and O–H groups in total. The van der Waals surface area contributed by atoms with Crippen LogP contribution in [0, 0.1) is 0 Å². The number of fused-ring (bicyclic) bond motifs is 3. The van der Waals surface area contributed by atoms with E-state index in [1.165, 1.54) is 4.90 Å². The highest BCUT2D eigenvalue weighted by atomic mass is 16.6. The number of ether oxygens (including phenoxy) is 1. The second kappa shape index (κ2) is 7.25. The van der Waals surface area contributed by atoms with Gasteiger partial charge in [-0.1, -0.05) is 60.7 Å². The summed E-state index contributed by atoms with van der Waals surface area (Å²) < 4.78 is 5.93. The Morgan fingerprint density at radius 3 is 2.04 bits per heavy atom. The lowest BCUT2D eigenvalue weighted by molar-refractivity contribution is 0.127. The highest BCUT2D eigenvalue weighted by Crippen LogP contribution is 2.45. The van der Waals surface area contributed by atoms with Gasteiger partial charge in [0.25, 0.3) is 0 Å². The van der Waals surface area contributed by atoms with E-state index in [-0.39, 0.29) is 12.2 Å². The molecule has 4 nitrogen and oxygen atoms in total. The van der Waals surface area contributed by atoms with Crippen molar-refractivity contribution in [1.82, 2.24) is 0 Å². The maximum absolute atomic E-state index is 12.8. The van der Waals surface area contributed by atoms with E-state index in [0.717, 1.165) is 39.9 Å². The Labute approximate surface area is 159 Å². The minimum absolute atomic E-state index is 0.377. The van der Waals surface area contributed by atoms with E-state index in [1.54, 1.807) is 7.05 Å². The monoisotopic (exact) mass is 358 g/mol. The summed E-state index contributed by atoms with van der Waals surface area (Å²) in [5.41, 5.74) is 11.8. The number of hydrogen-bond donors (Lipinski definition) is 1. The van der Waals surface area contributed by atoms with Crippen molar-refractivity contribution in [2.75, 3.05) is 18.5 Å². The van der Waals surface area contributed by atoms with Crippen LogP contribution in [0.5, 0.6) is 0 Å². The molecular weight excluding hydrogens is 336 g/mol. The lowest BCUT2D eigenvalue weighted by Gasteiger charge is -2.21. The number of nitrogens with zero attached hydrogens (tertiary/aromatic N) is 1. The summed E-state index contributed by atoms with van der Waals surface area (Å²) in [6, 6.07) is 24.0. The third kappa shape index (κ3) is 3.20. The van der Waals surface area contributed by atoms with Crippen molar-refractivity contribution in [1.29, 1.82) is 0 Å². The molecule has 0 atom stereocenters. The van der Waals surface area contributed by atoms with Gasteiger partial charge in [0.05, 0.1) is 0 Å². The van der Waals surface area contributed by atoms with Crippen LogP contribution in [0.25, 0.3) is 11.1 Å². The molecule has 0 saturated heterocycles. The van der Waals surface area contributed by atoms with Crippen molar-refractivity contribution in [2.24, 2.45) is 5.73 Å². The molecule has 0 saturated carbocycles. The highest BCUT2D eigenvalue weighted by Gasteiger charge is 2.32. The minimum Gasteiger partial charge on any atom is -0.436 e. The van der Waals surface area contributed by atoms with Crippen LogP contribution in [0.3, 0.4) is 0 Å². The van der Waals surface area contributed by atoms with Crippen LogP contribution in [0.15, 0.2) is 72.8 Å². The zero-order valence-corrected chi connectivity index (χ0v) is 15.3. The van der Waals surface area contributed by atoms with E-state index in [1.807, 2.05) is 60.7 Å². The third-order valence-electron chi connectivity index (χ3n) is 5.03. The minimum atomic E-state index is -0.385. The normalized spacial score (nSPS) is 12.4. The number of benzene rings is 3. The van der Waals surface area contributed by atoms with Gasteiger partial charge in [0.15, 0.2) is 6.10 Å². The summed E-state index contributed by atoms with van der Waals surface area (Å²) in [6.45, 7) is 0.609. The molecule has 1 aliphatic carbocycles. The molecule has 136 valence electrons. The summed E-state index contributed by atoms with van der Waals surface area (Å²) in [5.74, 6) is 0. The van der Waals surface area contributed by atoms with Crippen LogP contribution < -0.4 is 10.6 Å². The lowest BCUT2D eigenvalue weighted by atomic mass is 10.1. The van der Waals surface area contributed by atoms with Crippen molar-refractivity contribution in [3.8, 4) is 11.1 Å². The smallest absolute Gasteiger partial charge is 0.414 e. The molecule has 3 aromatic rings. The van der Waals surface area contributed by atoms with Crippen LogP contribution in [-0.2, 0) is 11.2 Å². The highest BCUT2D eigenvalue weighted by molar-refractivity contribution is 5.88. The maximum atomic E-state index is 12.8. The first kappa shape index (κ1) is 17.3. The molecule has 0 heterocycles. The molecular formula is C23H22N2O2. The Kier molecular flexibility index (Phi) is 4.65. The zero-order valence-electron chi connectivity index (χ0n) is 15.3. The molecule has 1 aliphatic rings. The predicted octanol–water partition coefficient (Wildman–Crippen LogP) is 4.53. The molecule has 4 rings (SSSR count). The van der Waals surface area contributed by atoms with Gasteiger partial charge in [0.2, 0.25) is 0 Å². The average Bonchev–Trinajstić information content (AvgIpc) is 3.02. The molecule has 4 heteroatoms. The fraction of sp³-hybridized carbons (Fsp3) is 0.174. The molecule has 0 fully saturated rings. The first-order valence-electron chi connectivity index (χ1n) is 9.10. The first-order chi connectivity index (χ1) is 13.2. The van der Waals surface area contributed by atoms with Gasteiger partial charge in [-0.2, -0.15) is 0 Å². The van der Waals surface area contributed by atoms with E-state index in [0.29, 0.717) is 6.54 Å². The Morgan fingerprint density at radius 2 is 1.48 bits per heavy atom. The van der Waals surface area contributed by atoms with Crippen LogP contribution >= 0.6 is 0 Å². The number of carbonyl (C=O) groups is 1. The van der Waals surface area contributed by atoms with E-state index >= 15 is 0 Å². The number of anilines is 1. The van der Waals surface area contributed by atoms with Gasteiger partial charge in [-0.05, 0) is 41.8 Å². The van der Waals surface area contributed by atoms with Crippen LogP contribution in [0.4, 0.5) is 10.5 Å². The van der Waals surface area contributed by atoms with Gasteiger partial charge in [0, 0.05) is 23.9 Å². The Hall–Kier alpha value is -3.11. The SMILES string of the molecule is CN(C(=O)OC1c2ccccc2-c2ccccc21)c1ccc(CCN)cc1. The van der Waals surface area contributed by atoms with Crippen molar-refractivity contribution in [3.05, 3.63) is 89.5 Å². The second-order valence-corrected chi connectivity index (χ2v) is 6.70. The third-order valence-corrected chi connectivity index (χ3v) is 5.03. The molecule has 0 spiro atoms. The summed E-state index contributed by atoms with van der Waals surface area (Å²) >= 11 is 0. The molecule has 1 amide bonds. The number of amides is 1. The molecule has 27 heavy (non-hydrogen) atoms. The summed E-state index contributed by atoms with van der Waals surface area (Å²) in [5, 5.41) is 0. The van der Waals surface area contributed by atoms with Crippen LogP contribution in [0.1, 0.15) is 22.8 Å². The van der Waals surface area contributed by atoms with Crippen molar-refractivity contribution >= 4 is 11.8 Å². The average molecular weight is 358 g/mol. The molecule has 0 radical (unpaired) electrons. The van der Waals surface area contributed by atoms with Gasteiger partial charge >= 0.3 is 6.09 Å². The quantitative estimate of drug-likeness (QED) is 0.745. The topological polar surface area (TPSA) is 55.6 Å². The molecule has 0 aromatic heterocycles. The van der Waals surface area contributed by atoms with Crippen LogP contribution in [-0.4, -0.2) is 19.7 Å². The molecule has 0 aliphatic heterocycles. The Bertz CT molecular complexity index is 921. The summed E-state index contributed by atoms with van der Waals surface area (Å²) in [4.78, 5) is 14.4. The van der Waals surface area contributed by atoms with Crippen LogP contribution in [0.2, 0.25) is 0 Å². The lowest BCUT2D eigenvalue weighted by Crippen LogP contribution is -2.28. The Morgan fingerprint density at radius 1 is 0.926 bits per heavy atom.